The van der Waals surface area contributed by atoms with Crippen LogP contribution >= 0.6 is 11.6 Å². The van der Waals surface area contributed by atoms with Crippen molar-refractivity contribution in [2.24, 2.45) is 5.92 Å². The zero-order valence-corrected chi connectivity index (χ0v) is 23.1. The maximum Gasteiger partial charge on any atom is 0.416 e. The fourth-order valence-electron chi connectivity index (χ4n) is 5.92. The van der Waals surface area contributed by atoms with Gasteiger partial charge in [-0.25, -0.2) is 21.9 Å². The number of nitrogens with zero attached hydrogens (tertiary/aromatic N) is 1. The van der Waals surface area contributed by atoms with Crippen molar-refractivity contribution in [3.63, 3.8) is 0 Å². The Hall–Kier alpha value is -2.44. The smallest absolute Gasteiger partial charge is 0.416 e. The van der Waals surface area contributed by atoms with Crippen LogP contribution in [0.15, 0.2) is 24.3 Å². The molecule has 3 fully saturated rings. The average molecular weight is 607 g/mol. The summed E-state index contributed by atoms with van der Waals surface area (Å²) in [4.78, 5) is 14.3. The van der Waals surface area contributed by atoms with E-state index < -0.39 is 44.3 Å². The van der Waals surface area contributed by atoms with Crippen LogP contribution in [-0.2, 0) is 22.7 Å². The van der Waals surface area contributed by atoms with E-state index >= 15 is 0 Å². The Bertz CT molecular complexity index is 1420. The number of carbonyl (C=O) groups is 1. The molecule has 1 aliphatic carbocycles. The maximum absolute atomic E-state index is 14.8. The van der Waals surface area contributed by atoms with Crippen LogP contribution in [0.2, 0.25) is 5.02 Å². The molecule has 1 amide bonds. The molecule has 0 spiro atoms. The Morgan fingerprint density at radius 3 is 2.30 bits per heavy atom. The maximum atomic E-state index is 14.8. The molecule has 2 heterocycles. The number of nitrogens with one attached hydrogen (secondary N) is 1. The molecule has 3 atom stereocenters. The van der Waals surface area contributed by atoms with Gasteiger partial charge in [-0.2, -0.15) is 13.2 Å². The Balaban J connectivity index is 1.26. The minimum Gasteiger partial charge on any atom is -0.493 e. The number of hydrogen-bond acceptors (Lipinski definition) is 5. The summed E-state index contributed by atoms with van der Waals surface area (Å²) in [6, 6.07) is 3.95. The zero-order chi connectivity index (χ0) is 29.0. The zero-order valence-electron chi connectivity index (χ0n) is 21.5. The van der Waals surface area contributed by atoms with Crippen LogP contribution in [-0.4, -0.2) is 44.2 Å². The van der Waals surface area contributed by atoms with E-state index in [1.165, 1.54) is 6.07 Å². The molecule has 13 heteroatoms. The summed E-state index contributed by atoms with van der Waals surface area (Å²) in [6.07, 6.45) is 0.863. The van der Waals surface area contributed by atoms with Gasteiger partial charge < -0.3 is 4.74 Å². The van der Waals surface area contributed by atoms with Gasteiger partial charge in [0.1, 0.15) is 17.4 Å². The van der Waals surface area contributed by atoms with E-state index in [-0.39, 0.29) is 48.2 Å². The number of rotatable bonds is 8. The summed E-state index contributed by atoms with van der Waals surface area (Å²) in [5.41, 5.74) is -0.788. The van der Waals surface area contributed by atoms with Gasteiger partial charge in [-0.15, -0.1) is 0 Å². The molecule has 6 nitrogen and oxygen atoms in total. The lowest BCUT2D eigenvalue weighted by Gasteiger charge is -2.39. The van der Waals surface area contributed by atoms with E-state index in [1.54, 1.807) is 4.72 Å². The van der Waals surface area contributed by atoms with Crippen LogP contribution in [0.25, 0.3) is 0 Å². The average Bonchev–Trinajstić information content (AvgIpc) is 3.65. The van der Waals surface area contributed by atoms with E-state index in [1.807, 2.05) is 4.90 Å². The lowest BCUT2D eigenvalue weighted by molar-refractivity contribution is -0.137. The lowest BCUT2D eigenvalue weighted by Crippen LogP contribution is -2.43. The fourth-order valence-corrected chi connectivity index (χ4v) is 6.60. The highest BCUT2D eigenvalue weighted by atomic mass is 35.5. The highest BCUT2D eigenvalue weighted by molar-refractivity contribution is 7.89. The van der Waals surface area contributed by atoms with Gasteiger partial charge in [-0.3, -0.25) is 9.69 Å². The van der Waals surface area contributed by atoms with Crippen LogP contribution in [0, 0.1) is 17.6 Å². The van der Waals surface area contributed by atoms with Crippen molar-refractivity contribution in [3.05, 3.63) is 63.2 Å². The second kappa shape index (κ2) is 10.8. The van der Waals surface area contributed by atoms with Gasteiger partial charge in [0, 0.05) is 30.3 Å². The van der Waals surface area contributed by atoms with Crippen molar-refractivity contribution in [2.45, 2.75) is 69.2 Å². The molecule has 2 saturated heterocycles. The molecular formula is C27H28ClF5N2O4S. The molecule has 0 unspecified atom stereocenters. The van der Waals surface area contributed by atoms with Crippen molar-refractivity contribution in [3.8, 4) is 5.75 Å². The highest BCUT2D eigenvalue weighted by Gasteiger charge is 2.42. The molecule has 0 aromatic heterocycles. The Morgan fingerprint density at radius 2 is 1.73 bits per heavy atom. The first-order chi connectivity index (χ1) is 18.7. The van der Waals surface area contributed by atoms with Gasteiger partial charge in [-0.05, 0) is 74.1 Å². The summed E-state index contributed by atoms with van der Waals surface area (Å²) >= 11 is 5.77. The number of benzene rings is 2. The Labute approximate surface area is 233 Å². The molecule has 2 aliphatic heterocycles. The van der Waals surface area contributed by atoms with Crippen molar-refractivity contribution in [2.75, 3.05) is 12.9 Å². The number of piperidine rings is 1. The summed E-state index contributed by atoms with van der Waals surface area (Å²) in [6.45, 7) is 0.297. The van der Waals surface area contributed by atoms with Crippen molar-refractivity contribution >= 4 is 27.5 Å². The second-order valence-electron chi connectivity index (χ2n) is 11.0. The van der Waals surface area contributed by atoms with Gasteiger partial charge in [0.05, 0.1) is 29.0 Å². The Morgan fingerprint density at radius 1 is 1.07 bits per heavy atom. The molecule has 40 heavy (non-hydrogen) atoms. The van der Waals surface area contributed by atoms with E-state index in [0.717, 1.165) is 44.1 Å². The minimum absolute atomic E-state index is 0.0203. The third-order valence-corrected chi connectivity index (χ3v) is 8.71. The van der Waals surface area contributed by atoms with Crippen LogP contribution in [0.1, 0.15) is 71.5 Å². The van der Waals surface area contributed by atoms with E-state index in [2.05, 4.69) is 0 Å². The first-order valence-electron chi connectivity index (χ1n) is 13.0. The first kappa shape index (κ1) is 29.1. The largest absolute Gasteiger partial charge is 0.493 e. The van der Waals surface area contributed by atoms with Crippen molar-refractivity contribution in [1.29, 1.82) is 0 Å². The number of halogens is 6. The molecule has 2 aromatic rings. The Kier molecular flexibility index (Phi) is 7.82. The summed E-state index contributed by atoms with van der Waals surface area (Å²) < 4.78 is 99.9. The molecule has 2 aromatic carbocycles. The normalized spacial score (nSPS) is 23.3. The third-order valence-electron chi connectivity index (χ3n) is 7.88. The number of ether oxygens (including phenoxy) is 1. The summed E-state index contributed by atoms with van der Waals surface area (Å²) in [5, 5.41) is -0.557. The number of alkyl halides is 3. The molecular weight excluding hydrogens is 579 g/mol. The number of hydrogen-bond donors (Lipinski definition) is 1. The monoisotopic (exact) mass is 606 g/mol. The molecule has 0 radical (unpaired) electrons. The summed E-state index contributed by atoms with van der Waals surface area (Å²) in [7, 11) is -3.86. The van der Waals surface area contributed by atoms with Gasteiger partial charge in [0.15, 0.2) is 0 Å². The number of carbonyl (C=O) groups excluding carboxylic acids is 1. The van der Waals surface area contributed by atoms with Crippen LogP contribution in [0.3, 0.4) is 0 Å². The number of sulfonamides is 1. The second-order valence-corrected chi connectivity index (χ2v) is 13.1. The predicted octanol–water partition coefficient (Wildman–Crippen LogP) is 6.03. The SMILES string of the molecule is CS(=O)(=O)NC(=O)c1cc(C2CC2)c(OC[C@@H]2C[C@H]3CC[C@@H](C2)N3Cc2cc(C(F)(F)F)cc(Cl)c2F)cc1F. The minimum atomic E-state index is -4.64. The molecule has 2 bridgehead atoms. The molecule has 3 aliphatic rings. The predicted molar refractivity (Wildman–Crippen MR) is 138 cm³/mol. The molecule has 218 valence electrons. The van der Waals surface area contributed by atoms with Crippen LogP contribution < -0.4 is 9.46 Å². The van der Waals surface area contributed by atoms with Crippen molar-refractivity contribution < 1.29 is 39.9 Å². The summed E-state index contributed by atoms with van der Waals surface area (Å²) in [5.74, 6) is -2.29. The topological polar surface area (TPSA) is 75.7 Å². The molecule has 1 saturated carbocycles. The van der Waals surface area contributed by atoms with Gasteiger partial charge in [0.2, 0.25) is 10.0 Å². The number of fused-ring (bicyclic) bond motifs is 2. The van der Waals surface area contributed by atoms with Crippen molar-refractivity contribution in [1.82, 2.24) is 9.62 Å². The van der Waals surface area contributed by atoms with Crippen LogP contribution in [0.4, 0.5) is 22.0 Å². The van der Waals surface area contributed by atoms with E-state index in [0.29, 0.717) is 30.2 Å². The third kappa shape index (κ3) is 6.38. The van der Waals surface area contributed by atoms with Gasteiger partial charge >= 0.3 is 6.18 Å². The van der Waals surface area contributed by atoms with E-state index in [4.69, 9.17) is 16.3 Å². The quantitative estimate of drug-likeness (QED) is 0.372. The lowest BCUT2D eigenvalue weighted by atomic mass is 9.90. The van der Waals surface area contributed by atoms with E-state index in [9.17, 15) is 35.2 Å². The van der Waals surface area contributed by atoms with Gasteiger partial charge in [0.25, 0.3) is 5.91 Å². The number of amides is 1. The first-order valence-corrected chi connectivity index (χ1v) is 15.3. The van der Waals surface area contributed by atoms with Gasteiger partial charge in [-0.1, -0.05) is 11.6 Å². The fraction of sp³-hybridized carbons (Fsp3) is 0.519. The highest BCUT2D eigenvalue weighted by Crippen LogP contribution is 2.46. The molecule has 1 N–H and O–H groups in total. The molecule has 5 rings (SSSR count). The standard InChI is InChI=1S/C27H28ClF5N2O4S/c1-40(37,38)34-26(36)21-10-20(15-2-3-15)24(11-23(21)29)39-13-14-6-18-4-5-19(7-14)35(18)12-16-8-17(27(31,32)33)9-22(28)25(16)30/h8-11,14-15,18-19H,2-7,12-13H2,1H3,(H,34,36)/t14-,18-,19+. The van der Waals surface area contributed by atoms with Crippen LogP contribution in [0.5, 0.6) is 5.75 Å².